The number of rotatable bonds is 12. The lowest BCUT2D eigenvalue weighted by molar-refractivity contribution is -0.145. The summed E-state index contributed by atoms with van der Waals surface area (Å²) < 4.78 is 12.1. The number of hydrogen-bond donors (Lipinski definition) is 3. The topological polar surface area (TPSA) is 117 Å². The van der Waals surface area contributed by atoms with E-state index in [0.717, 1.165) is 19.3 Å². The maximum Gasteiger partial charge on any atom is 0.246 e. The standard InChI is InChI=1S/C28H41N3O6/c1-5-36-20-12-10-19(11-13-20)30-24(33)21-22-26(35)31(16-8-6-7-9-17-32)23(25(34)29-18(2)3)28(22)15-14-27(21,4)37-28/h10-13,18,21-23,32H,5-9,14-17H2,1-4H3,(H,29,34)(H,30,33)/t21-,22-,23?,27+,28?/m0/s1. The molecule has 3 saturated heterocycles. The molecule has 1 aromatic carbocycles. The van der Waals surface area contributed by atoms with Crippen LogP contribution in [0.2, 0.25) is 0 Å². The van der Waals surface area contributed by atoms with E-state index in [0.29, 0.717) is 43.9 Å². The molecule has 3 heterocycles. The Morgan fingerprint density at radius 3 is 2.49 bits per heavy atom. The summed E-state index contributed by atoms with van der Waals surface area (Å²) in [6.45, 7) is 8.71. The second-order valence-electron chi connectivity index (χ2n) is 11.0. The van der Waals surface area contributed by atoms with Crippen LogP contribution in [0, 0.1) is 11.8 Å². The van der Waals surface area contributed by atoms with E-state index in [4.69, 9.17) is 14.6 Å². The third-order valence-electron chi connectivity index (χ3n) is 7.98. The Morgan fingerprint density at radius 1 is 1.14 bits per heavy atom. The molecule has 3 aliphatic rings. The molecule has 3 aliphatic heterocycles. The fraction of sp³-hybridized carbons (Fsp3) is 0.679. The summed E-state index contributed by atoms with van der Waals surface area (Å²) in [6, 6.07) is 6.30. The van der Waals surface area contributed by atoms with Crippen LogP contribution in [0.5, 0.6) is 5.75 Å². The summed E-state index contributed by atoms with van der Waals surface area (Å²) >= 11 is 0. The molecule has 5 atom stereocenters. The van der Waals surface area contributed by atoms with Crippen molar-refractivity contribution in [3.05, 3.63) is 24.3 Å². The third kappa shape index (κ3) is 5.08. The van der Waals surface area contributed by atoms with E-state index in [1.807, 2.05) is 27.7 Å². The summed E-state index contributed by atoms with van der Waals surface area (Å²) in [4.78, 5) is 42.8. The minimum Gasteiger partial charge on any atom is -0.494 e. The Hall–Kier alpha value is -2.65. The molecule has 3 N–H and O–H groups in total. The van der Waals surface area contributed by atoms with Gasteiger partial charge >= 0.3 is 0 Å². The van der Waals surface area contributed by atoms with Gasteiger partial charge in [0.05, 0.1) is 24.0 Å². The van der Waals surface area contributed by atoms with Crippen molar-refractivity contribution in [2.24, 2.45) is 11.8 Å². The number of carbonyl (C=O) groups excluding carboxylic acids is 3. The van der Waals surface area contributed by atoms with Gasteiger partial charge in [-0.3, -0.25) is 14.4 Å². The quantitative estimate of drug-likeness (QED) is 0.369. The smallest absolute Gasteiger partial charge is 0.246 e. The van der Waals surface area contributed by atoms with Gasteiger partial charge in [-0.15, -0.1) is 0 Å². The van der Waals surface area contributed by atoms with Gasteiger partial charge in [0.2, 0.25) is 17.7 Å². The highest BCUT2D eigenvalue weighted by molar-refractivity contribution is 6.02. The van der Waals surface area contributed by atoms with Gasteiger partial charge in [-0.05, 0) is 77.6 Å². The molecule has 1 aromatic rings. The molecule has 3 amide bonds. The highest BCUT2D eigenvalue weighted by Gasteiger charge is 2.77. The molecular weight excluding hydrogens is 474 g/mol. The summed E-state index contributed by atoms with van der Waals surface area (Å²) in [6.07, 6.45) is 4.31. The molecule has 0 aromatic heterocycles. The first-order valence-electron chi connectivity index (χ1n) is 13.6. The van der Waals surface area contributed by atoms with Crippen molar-refractivity contribution in [3.8, 4) is 5.75 Å². The lowest BCUT2D eigenvalue weighted by Crippen LogP contribution is -2.56. The van der Waals surface area contributed by atoms with Gasteiger partial charge in [0.15, 0.2) is 0 Å². The zero-order valence-corrected chi connectivity index (χ0v) is 22.4. The van der Waals surface area contributed by atoms with Crippen LogP contribution in [0.25, 0.3) is 0 Å². The van der Waals surface area contributed by atoms with E-state index in [1.54, 1.807) is 29.2 Å². The summed E-state index contributed by atoms with van der Waals surface area (Å²) in [5.74, 6) is -1.36. The predicted octanol–water partition coefficient (Wildman–Crippen LogP) is 2.87. The summed E-state index contributed by atoms with van der Waals surface area (Å²) in [5.41, 5.74) is -1.22. The lowest BCUT2D eigenvalue weighted by atomic mass is 9.66. The van der Waals surface area contributed by atoms with E-state index < -0.39 is 29.1 Å². The number of fused-ring (bicyclic) bond motifs is 1. The van der Waals surface area contributed by atoms with Crippen LogP contribution in [-0.2, 0) is 19.1 Å². The normalized spacial score (nSPS) is 30.1. The highest BCUT2D eigenvalue weighted by Crippen LogP contribution is 2.63. The van der Waals surface area contributed by atoms with Crippen molar-refractivity contribution in [1.82, 2.24) is 10.2 Å². The van der Waals surface area contributed by atoms with Gasteiger partial charge in [-0.2, -0.15) is 0 Å². The van der Waals surface area contributed by atoms with Crippen LogP contribution in [-0.4, -0.2) is 70.8 Å². The summed E-state index contributed by atoms with van der Waals surface area (Å²) in [5, 5.41) is 15.0. The first-order valence-corrected chi connectivity index (χ1v) is 13.6. The Labute approximate surface area is 219 Å². The molecule has 1 spiro atoms. The number of benzene rings is 1. The fourth-order valence-electron chi connectivity index (χ4n) is 6.50. The van der Waals surface area contributed by atoms with Crippen molar-refractivity contribution >= 4 is 23.4 Å². The minimum atomic E-state index is -1.02. The number of hydrogen-bond acceptors (Lipinski definition) is 6. The van der Waals surface area contributed by atoms with Gasteiger partial charge in [0.25, 0.3) is 0 Å². The van der Waals surface area contributed by atoms with Crippen molar-refractivity contribution in [2.45, 2.75) is 89.5 Å². The van der Waals surface area contributed by atoms with Crippen molar-refractivity contribution in [2.75, 3.05) is 25.1 Å². The number of amides is 3. The number of aliphatic hydroxyl groups excluding tert-OH is 1. The maximum atomic E-state index is 13.9. The van der Waals surface area contributed by atoms with Crippen LogP contribution in [0.3, 0.4) is 0 Å². The van der Waals surface area contributed by atoms with Crippen molar-refractivity contribution in [1.29, 1.82) is 0 Å². The zero-order chi connectivity index (χ0) is 26.8. The molecule has 3 fully saturated rings. The number of ether oxygens (including phenoxy) is 2. The van der Waals surface area contributed by atoms with Gasteiger partial charge < -0.3 is 30.1 Å². The van der Waals surface area contributed by atoms with E-state index >= 15 is 0 Å². The first kappa shape index (κ1) is 27.4. The Morgan fingerprint density at radius 2 is 1.84 bits per heavy atom. The SMILES string of the molecule is CCOc1ccc(NC(=O)[C@@H]2[C@H]3C(=O)N(CCCCCCO)C(C(=O)NC(C)C)C34CC[C@@]2(C)O4)cc1. The van der Waals surface area contributed by atoms with E-state index in [1.165, 1.54) is 0 Å². The van der Waals surface area contributed by atoms with E-state index in [9.17, 15) is 14.4 Å². The maximum absolute atomic E-state index is 13.9. The second kappa shape index (κ2) is 11.0. The number of nitrogens with zero attached hydrogens (tertiary/aromatic N) is 1. The number of unbranched alkanes of at least 4 members (excludes halogenated alkanes) is 3. The molecule has 0 radical (unpaired) electrons. The highest BCUT2D eigenvalue weighted by atomic mass is 16.5. The molecule has 9 nitrogen and oxygen atoms in total. The number of carbonyl (C=O) groups is 3. The van der Waals surface area contributed by atoms with Crippen LogP contribution in [0.1, 0.15) is 66.2 Å². The molecule has 2 bridgehead atoms. The van der Waals surface area contributed by atoms with Gasteiger partial charge in [-0.1, -0.05) is 12.8 Å². The summed E-state index contributed by atoms with van der Waals surface area (Å²) in [7, 11) is 0. The molecular formula is C28H41N3O6. The second-order valence-corrected chi connectivity index (χ2v) is 11.0. The molecule has 9 heteroatoms. The lowest BCUT2D eigenvalue weighted by Gasteiger charge is -2.34. The zero-order valence-electron chi connectivity index (χ0n) is 22.4. The van der Waals surface area contributed by atoms with Crippen LogP contribution >= 0.6 is 0 Å². The first-order chi connectivity index (χ1) is 17.7. The third-order valence-corrected chi connectivity index (χ3v) is 7.98. The molecule has 4 rings (SSSR count). The number of nitrogens with one attached hydrogen (secondary N) is 2. The molecule has 0 aliphatic carbocycles. The average Bonchev–Trinajstić information content (AvgIpc) is 3.40. The molecule has 0 saturated carbocycles. The van der Waals surface area contributed by atoms with Gasteiger partial charge in [0.1, 0.15) is 17.4 Å². The number of aliphatic hydroxyl groups is 1. The van der Waals surface area contributed by atoms with Crippen molar-refractivity contribution < 1.29 is 29.0 Å². The number of likely N-dealkylation sites (tertiary alicyclic amines) is 1. The van der Waals surface area contributed by atoms with Gasteiger partial charge in [0, 0.05) is 24.9 Å². The Bertz CT molecular complexity index is 998. The minimum absolute atomic E-state index is 0.0857. The van der Waals surface area contributed by atoms with Crippen molar-refractivity contribution in [3.63, 3.8) is 0 Å². The monoisotopic (exact) mass is 515 g/mol. The molecule has 204 valence electrons. The Balaban J connectivity index is 1.59. The van der Waals surface area contributed by atoms with E-state index in [2.05, 4.69) is 10.6 Å². The Kier molecular flexibility index (Phi) is 8.14. The van der Waals surface area contributed by atoms with Crippen LogP contribution in [0.15, 0.2) is 24.3 Å². The van der Waals surface area contributed by atoms with Gasteiger partial charge in [-0.25, -0.2) is 0 Å². The molecule has 2 unspecified atom stereocenters. The largest absolute Gasteiger partial charge is 0.494 e. The molecule has 37 heavy (non-hydrogen) atoms. The fourth-order valence-corrected chi connectivity index (χ4v) is 6.50. The van der Waals surface area contributed by atoms with Crippen LogP contribution in [0.4, 0.5) is 5.69 Å². The average molecular weight is 516 g/mol. The van der Waals surface area contributed by atoms with Crippen LogP contribution < -0.4 is 15.4 Å². The predicted molar refractivity (Wildman–Crippen MR) is 139 cm³/mol. The van der Waals surface area contributed by atoms with E-state index in [-0.39, 0.29) is 30.4 Å². The number of anilines is 1.